The number of methoxy groups -OCH3 is 1. The lowest BCUT2D eigenvalue weighted by Crippen LogP contribution is -2.36. The second-order valence-corrected chi connectivity index (χ2v) is 5.09. The number of hydrogen-bond acceptors (Lipinski definition) is 3. The molecule has 0 aromatic heterocycles. The molecular weight excluding hydrogens is 236 g/mol. The van der Waals surface area contributed by atoms with Crippen LogP contribution in [0.3, 0.4) is 0 Å². The molecule has 2 unspecified atom stereocenters. The van der Waals surface area contributed by atoms with E-state index in [2.05, 4.69) is 37.8 Å². The highest BCUT2D eigenvalue weighted by atomic mass is 16.5. The van der Waals surface area contributed by atoms with E-state index in [9.17, 15) is 0 Å². The largest absolute Gasteiger partial charge is 0.496 e. The minimum absolute atomic E-state index is 0.232. The van der Waals surface area contributed by atoms with E-state index >= 15 is 0 Å². The summed E-state index contributed by atoms with van der Waals surface area (Å²) in [7, 11) is 1.72. The van der Waals surface area contributed by atoms with Crippen molar-refractivity contribution in [2.24, 2.45) is 11.7 Å². The maximum absolute atomic E-state index is 6.02. The second kappa shape index (κ2) is 8.18. The van der Waals surface area contributed by atoms with Crippen LogP contribution in [-0.2, 0) is 0 Å². The Bertz CT molecular complexity index is 368. The van der Waals surface area contributed by atoms with Crippen molar-refractivity contribution in [3.05, 3.63) is 29.8 Å². The molecule has 0 saturated heterocycles. The van der Waals surface area contributed by atoms with Gasteiger partial charge < -0.3 is 10.5 Å². The van der Waals surface area contributed by atoms with Crippen LogP contribution in [0.5, 0.6) is 5.75 Å². The van der Waals surface area contributed by atoms with Crippen molar-refractivity contribution in [1.82, 2.24) is 4.90 Å². The summed E-state index contributed by atoms with van der Waals surface area (Å²) in [6, 6.07) is 8.42. The average molecular weight is 264 g/mol. The molecule has 0 radical (unpaired) electrons. The first kappa shape index (κ1) is 16.0. The Morgan fingerprint density at radius 3 is 2.47 bits per heavy atom. The Morgan fingerprint density at radius 2 is 1.95 bits per heavy atom. The molecule has 0 fully saturated rings. The molecule has 2 N–H and O–H groups in total. The lowest BCUT2D eigenvalue weighted by molar-refractivity contribution is 0.179. The molecule has 3 heteroatoms. The third kappa shape index (κ3) is 4.22. The van der Waals surface area contributed by atoms with Crippen LogP contribution in [0.1, 0.15) is 38.8 Å². The lowest BCUT2D eigenvalue weighted by atomic mass is 10.0. The van der Waals surface area contributed by atoms with Gasteiger partial charge in [-0.25, -0.2) is 0 Å². The Balaban J connectivity index is 2.96. The molecule has 3 nitrogen and oxygen atoms in total. The minimum Gasteiger partial charge on any atom is -0.496 e. The van der Waals surface area contributed by atoms with Gasteiger partial charge in [-0.2, -0.15) is 0 Å². The van der Waals surface area contributed by atoms with Gasteiger partial charge in [-0.3, -0.25) is 4.90 Å². The summed E-state index contributed by atoms with van der Waals surface area (Å²) in [5.74, 6) is 1.62. The lowest BCUT2D eigenvalue weighted by Gasteiger charge is -2.32. The molecule has 0 bridgehead atoms. The quantitative estimate of drug-likeness (QED) is 0.784. The van der Waals surface area contributed by atoms with E-state index in [0.717, 1.165) is 18.8 Å². The second-order valence-electron chi connectivity index (χ2n) is 5.09. The van der Waals surface area contributed by atoms with Crippen LogP contribution in [0.4, 0.5) is 0 Å². The van der Waals surface area contributed by atoms with E-state index < -0.39 is 0 Å². The van der Waals surface area contributed by atoms with E-state index in [0.29, 0.717) is 12.5 Å². The van der Waals surface area contributed by atoms with Crippen LogP contribution < -0.4 is 10.5 Å². The van der Waals surface area contributed by atoms with Crippen LogP contribution in [-0.4, -0.2) is 31.6 Å². The Kier molecular flexibility index (Phi) is 6.89. The van der Waals surface area contributed by atoms with E-state index in [1.165, 1.54) is 12.0 Å². The molecule has 1 rings (SSSR count). The summed E-state index contributed by atoms with van der Waals surface area (Å²) in [6.45, 7) is 9.42. The fourth-order valence-corrected chi connectivity index (χ4v) is 2.42. The van der Waals surface area contributed by atoms with Gasteiger partial charge >= 0.3 is 0 Å². The van der Waals surface area contributed by atoms with Gasteiger partial charge in [0.05, 0.1) is 13.2 Å². The molecule has 0 aliphatic rings. The van der Waals surface area contributed by atoms with Crippen molar-refractivity contribution >= 4 is 0 Å². The van der Waals surface area contributed by atoms with Crippen LogP contribution in [0.2, 0.25) is 0 Å². The van der Waals surface area contributed by atoms with Crippen molar-refractivity contribution in [3.63, 3.8) is 0 Å². The van der Waals surface area contributed by atoms with Gasteiger partial charge in [-0.1, -0.05) is 45.4 Å². The number of benzene rings is 1. The summed E-state index contributed by atoms with van der Waals surface area (Å²) in [6.07, 6.45) is 1.19. The van der Waals surface area contributed by atoms with E-state index in [-0.39, 0.29) is 6.04 Å². The van der Waals surface area contributed by atoms with Crippen molar-refractivity contribution in [1.29, 1.82) is 0 Å². The van der Waals surface area contributed by atoms with Gasteiger partial charge in [0.2, 0.25) is 0 Å². The number of nitrogens with two attached hydrogens (primary N) is 1. The van der Waals surface area contributed by atoms with Gasteiger partial charge in [-0.05, 0) is 18.5 Å². The first-order valence-electron chi connectivity index (χ1n) is 7.24. The van der Waals surface area contributed by atoms with Crippen LogP contribution in [0.15, 0.2) is 24.3 Å². The summed E-state index contributed by atoms with van der Waals surface area (Å²) in [5, 5.41) is 0. The van der Waals surface area contributed by atoms with E-state index in [1.54, 1.807) is 7.11 Å². The monoisotopic (exact) mass is 264 g/mol. The first-order valence-corrected chi connectivity index (χ1v) is 7.24. The zero-order chi connectivity index (χ0) is 14.3. The highest BCUT2D eigenvalue weighted by molar-refractivity contribution is 5.36. The zero-order valence-electron chi connectivity index (χ0n) is 12.7. The third-order valence-corrected chi connectivity index (χ3v) is 3.81. The maximum atomic E-state index is 6.02. The van der Waals surface area contributed by atoms with Gasteiger partial charge in [0.1, 0.15) is 5.75 Å². The van der Waals surface area contributed by atoms with Gasteiger partial charge in [-0.15, -0.1) is 0 Å². The SMILES string of the molecule is CCC(C)CN(CC)C(CN)c1ccccc1OC. The summed E-state index contributed by atoms with van der Waals surface area (Å²) >= 11 is 0. The van der Waals surface area contributed by atoms with Crippen molar-refractivity contribution in [3.8, 4) is 5.75 Å². The maximum Gasteiger partial charge on any atom is 0.123 e. The predicted molar refractivity (Wildman–Crippen MR) is 81.5 cm³/mol. The number of para-hydroxylation sites is 1. The molecule has 1 aromatic carbocycles. The summed E-state index contributed by atoms with van der Waals surface area (Å²) in [4.78, 5) is 2.45. The van der Waals surface area contributed by atoms with E-state index in [1.807, 2.05) is 12.1 Å². The van der Waals surface area contributed by atoms with Crippen LogP contribution in [0, 0.1) is 5.92 Å². The summed E-state index contributed by atoms with van der Waals surface area (Å²) < 4.78 is 5.47. The molecule has 1 aromatic rings. The molecule has 19 heavy (non-hydrogen) atoms. The fraction of sp³-hybridized carbons (Fsp3) is 0.625. The standard InChI is InChI=1S/C16H28N2O/c1-5-13(3)12-18(6-2)15(11-17)14-9-7-8-10-16(14)19-4/h7-10,13,15H,5-6,11-12,17H2,1-4H3. The topological polar surface area (TPSA) is 38.5 Å². The molecule has 0 amide bonds. The molecule has 0 aliphatic carbocycles. The highest BCUT2D eigenvalue weighted by Crippen LogP contribution is 2.29. The highest BCUT2D eigenvalue weighted by Gasteiger charge is 2.21. The van der Waals surface area contributed by atoms with Crippen molar-refractivity contribution < 1.29 is 4.74 Å². The predicted octanol–water partition coefficient (Wildman–Crippen LogP) is 3.06. The summed E-state index contributed by atoms with van der Waals surface area (Å²) in [5.41, 5.74) is 7.22. The minimum atomic E-state index is 0.232. The van der Waals surface area contributed by atoms with Gasteiger partial charge in [0, 0.05) is 18.7 Å². The number of likely N-dealkylation sites (N-methyl/N-ethyl adjacent to an activating group) is 1. The van der Waals surface area contributed by atoms with Crippen LogP contribution in [0.25, 0.3) is 0 Å². The van der Waals surface area contributed by atoms with Gasteiger partial charge in [0.15, 0.2) is 0 Å². The fourth-order valence-electron chi connectivity index (χ4n) is 2.42. The Morgan fingerprint density at radius 1 is 1.26 bits per heavy atom. The average Bonchev–Trinajstić information content (AvgIpc) is 2.47. The first-order chi connectivity index (χ1) is 9.17. The zero-order valence-corrected chi connectivity index (χ0v) is 12.7. The molecule has 0 spiro atoms. The molecular formula is C16H28N2O. The molecule has 0 aliphatic heterocycles. The third-order valence-electron chi connectivity index (χ3n) is 3.81. The van der Waals surface area contributed by atoms with Crippen molar-refractivity contribution in [2.75, 3.05) is 26.7 Å². The van der Waals surface area contributed by atoms with E-state index in [4.69, 9.17) is 10.5 Å². The Labute approximate surface area is 117 Å². The normalized spacial score (nSPS) is 14.4. The molecule has 108 valence electrons. The molecule has 0 heterocycles. The number of ether oxygens (including phenoxy) is 1. The Hall–Kier alpha value is -1.06. The molecule has 0 saturated carbocycles. The number of nitrogens with zero attached hydrogens (tertiary/aromatic N) is 1. The van der Waals surface area contributed by atoms with Crippen LogP contribution >= 0.6 is 0 Å². The number of hydrogen-bond donors (Lipinski definition) is 1. The van der Waals surface area contributed by atoms with Gasteiger partial charge in [0.25, 0.3) is 0 Å². The number of rotatable bonds is 8. The molecule has 2 atom stereocenters. The smallest absolute Gasteiger partial charge is 0.123 e. The van der Waals surface area contributed by atoms with Crippen molar-refractivity contribution in [2.45, 2.75) is 33.2 Å².